The van der Waals surface area contributed by atoms with Gasteiger partial charge in [-0.3, -0.25) is 0 Å². The average Bonchev–Trinajstić information content (AvgIpc) is 2.55. The largest absolute Gasteiger partial charge is 0.367 e. The monoisotopic (exact) mass is 368 g/mol. The number of piperidine rings is 1. The Morgan fingerprint density at radius 3 is 2.75 bits per heavy atom. The molecule has 0 bridgehead atoms. The lowest BCUT2D eigenvalue weighted by molar-refractivity contribution is 0.329. The summed E-state index contributed by atoms with van der Waals surface area (Å²) in [5.41, 5.74) is 0.794. The van der Waals surface area contributed by atoms with Crippen molar-refractivity contribution < 1.29 is 8.42 Å². The Bertz CT molecular complexity index is 820. The van der Waals surface area contributed by atoms with Crippen LogP contribution in [0, 0.1) is 0 Å². The van der Waals surface area contributed by atoms with Crippen molar-refractivity contribution in [3.8, 4) is 0 Å². The molecule has 1 aliphatic rings. The van der Waals surface area contributed by atoms with Gasteiger partial charge in [0, 0.05) is 29.5 Å². The molecular formula is C16H21ClN4O2S. The highest BCUT2D eigenvalue weighted by atomic mass is 35.5. The maximum absolute atomic E-state index is 12.1. The van der Waals surface area contributed by atoms with Gasteiger partial charge in [-0.05, 0) is 37.5 Å². The highest BCUT2D eigenvalue weighted by Crippen LogP contribution is 2.25. The number of fused-ring (bicyclic) bond motifs is 1. The number of nitrogens with one attached hydrogen (secondary N) is 1. The maximum atomic E-state index is 12.1. The molecular weight excluding hydrogens is 348 g/mol. The molecule has 3 rings (SSSR count). The minimum Gasteiger partial charge on any atom is -0.367 e. The highest BCUT2D eigenvalue weighted by molar-refractivity contribution is 7.89. The van der Waals surface area contributed by atoms with E-state index < -0.39 is 10.0 Å². The third-order valence-electron chi connectivity index (χ3n) is 4.25. The van der Waals surface area contributed by atoms with Gasteiger partial charge in [0.2, 0.25) is 10.0 Å². The number of halogens is 1. The highest BCUT2D eigenvalue weighted by Gasteiger charge is 2.27. The molecule has 0 atom stereocenters. The Kier molecular flexibility index (Phi) is 5.22. The second-order valence-electron chi connectivity index (χ2n) is 6.02. The summed E-state index contributed by atoms with van der Waals surface area (Å²) in [6, 6.07) is 5.73. The van der Waals surface area contributed by atoms with Crippen LogP contribution in [0.5, 0.6) is 0 Å². The van der Waals surface area contributed by atoms with E-state index in [4.69, 9.17) is 11.6 Å². The topological polar surface area (TPSA) is 75.2 Å². The van der Waals surface area contributed by atoms with Crippen LogP contribution in [0.3, 0.4) is 0 Å². The molecule has 0 unspecified atom stereocenters. The van der Waals surface area contributed by atoms with Crippen LogP contribution in [0.15, 0.2) is 24.5 Å². The first-order chi connectivity index (χ1) is 11.5. The molecule has 1 aliphatic heterocycles. The molecule has 1 N–H and O–H groups in total. The van der Waals surface area contributed by atoms with Crippen LogP contribution in [0.25, 0.3) is 10.9 Å². The zero-order valence-corrected chi connectivity index (χ0v) is 15.1. The van der Waals surface area contributed by atoms with Crippen LogP contribution in [0.1, 0.15) is 26.2 Å². The van der Waals surface area contributed by atoms with E-state index in [2.05, 4.69) is 15.3 Å². The SMILES string of the molecule is CCCS(=O)(=O)N1CCC(Nc2ncnc3cc(Cl)ccc23)CC1. The molecule has 1 aromatic carbocycles. The second-order valence-corrected chi connectivity index (χ2v) is 8.54. The van der Waals surface area contributed by atoms with Gasteiger partial charge >= 0.3 is 0 Å². The predicted molar refractivity (Wildman–Crippen MR) is 96.8 cm³/mol. The van der Waals surface area contributed by atoms with Crippen molar-refractivity contribution in [3.63, 3.8) is 0 Å². The molecule has 0 spiro atoms. The number of nitrogens with zero attached hydrogens (tertiary/aromatic N) is 3. The summed E-state index contributed by atoms with van der Waals surface area (Å²) in [4.78, 5) is 8.57. The lowest BCUT2D eigenvalue weighted by Gasteiger charge is -2.32. The lowest BCUT2D eigenvalue weighted by atomic mass is 10.1. The number of sulfonamides is 1. The third-order valence-corrected chi connectivity index (χ3v) is 6.56. The average molecular weight is 369 g/mol. The van der Waals surface area contributed by atoms with Gasteiger partial charge < -0.3 is 5.32 Å². The second kappa shape index (κ2) is 7.21. The Labute approximate surface area is 147 Å². The van der Waals surface area contributed by atoms with Gasteiger partial charge in [0.05, 0.1) is 11.3 Å². The maximum Gasteiger partial charge on any atom is 0.214 e. The van der Waals surface area contributed by atoms with Gasteiger partial charge in [0.25, 0.3) is 0 Å². The van der Waals surface area contributed by atoms with E-state index in [9.17, 15) is 8.42 Å². The minimum absolute atomic E-state index is 0.201. The summed E-state index contributed by atoms with van der Waals surface area (Å²) in [7, 11) is -3.10. The van der Waals surface area contributed by atoms with E-state index in [0.29, 0.717) is 24.5 Å². The van der Waals surface area contributed by atoms with Crippen LogP contribution < -0.4 is 5.32 Å². The van der Waals surface area contributed by atoms with E-state index in [1.165, 1.54) is 6.33 Å². The van der Waals surface area contributed by atoms with Crippen molar-refractivity contribution >= 4 is 38.3 Å². The molecule has 130 valence electrons. The first-order valence-electron chi connectivity index (χ1n) is 8.14. The molecule has 1 aromatic heterocycles. The van der Waals surface area contributed by atoms with Crippen molar-refractivity contribution in [3.05, 3.63) is 29.5 Å². The quantitative estimate of drug-likeness (QED) is 0.878. The molecule has 0 aliphatic carbocycles. The number of hydrogen-bond acceptors (Lipinski definition) is 5. The van der Waals surface area contributed by atoms with E-state index >= 15 is 0 Å². The molecule has 2 aromatic rings. The molecule has 0 radical (unpaired) electrons. The van der Waals surface area contributed by atoms with Crippen molar-refractivity contribution in [2.24, 2.45) is 0 Å². The van der Waals surface area contributed by atoms with Gasteiger partial charge in [-0.25, -0.2) is 22.7 Å². The zero-order valence-electron chi connectivity index (χ0n) is 13.6. The number of hydrogen-bond donors (Lipinski definition) is 1. The van der Waals surface area contributed by atoms with Gasteiger partial charge in [-0.1, -0.05) is 18.5 Å². The first-order valence-corrected chi connectivity index (χ1v) is 10.1. The standard InChI is InChI=1S/C16H21ClN4O2S/c1-2-9-24(22,23)21-7-5-13(6-8-21)20-16-14-4-3-12(17)10-15(14)18-11-19-16/h3-4,10-11,13H,2,5-9H2,1H3,(H,18,19,20). The zero-order chi connectivity index (χ0) is 17.2. The Balaban J connectivity index is 1.69. The van der Waals surface area contributed by atoms with E-state index in [-0.39, 0.29) is 11.8 Å². The summed E-state index contributed by atoms with van der Waals surface area (Å²) in [5, 5.41) is 4.99. The lowest BCUT2D eigenvalue weighted by Crippen LogP contribution is -2.43. The molecule has 1 fully saturated rings. The molecule has 6 nitrogen and oxygen atoms in total. The van der Waals surface area contributed by atoms with Crippen LogP contribution >= 0.6 is 11.6 Å². The molecule has 24 heavy (non-hydrogen) atoms. The van der Waals surface area contributed by atoms with Crippen molar-refractivity contribution in [1.82, 2.24) is 14.3 Å². The van der Waals surface area contributed by atoms with E-state index in [1.807, 2.05) is 25.1 Å². The smallest absolute Gasteiger partial charge is 0.214 e. The van der Waals surface area contributed by atoms with Crippen LogP contribution in [0.2, 0.25) is 5.02 Å². The minimum atomic E-state index is -3.10. The van der Waals surface area contributed by atoms with Gasteiger partial charge in [-0.15, -0.1) is 0 Å². The van der Waals surface area contributed by atoms with Crippen LogP contribution in [-0.4, -0.2) is 47.6 Å². The number of rotatable bonds is 5. The van der Waals surface area contributed by atoms with E-state index in [1.54, 1.807) is 4.31 Å². The fraction of sp³-hybridized carbons (Fsp3) is 0.500. The van der Waals surface area contributed by atoms with Crippen LogP contribution in [-0.2, 0) is 10.0 Å². The van der Waals surface area contributed by atoms with Crippen molar-refractivity contribution in [2.75, 3.05) is 24.2 Å². The summed E-state index contributed by atoms with van der Waals surface area (Å²) < 4.78 is 25.9. The van der Waals surface area contributed by atoms with Gasteiger partial charge in [0.15, 0.2) is 0 Å². The van der Waals surface area contributed by atoms with Crippen molar-refractivity contribution in [2.45, 2.75) is 32.2 Å². The van der Waals surface area contributed by atoms with Gasteiger partial charge in [-0.2, -0.15) is 0 Å². The first kappa shape index (κ1) is 17.4. The van der Waals surface area contributed by atoms with Crippen LogP contribution in [0.4, 0.5) is 5.82 Å². The third kappa shape index (κ3) is 3.79. The van der Waals surface area contributed by atoms with E-state index in [0.717, 1.165) is 29.6 Å². The Morgan fingerprint density at radius 1 is 1.29 bits per heavy atom. The fourth-order valence-corrected chi connectivity index (χ4v) is 4.71. The number of benzene rings is 1. The molecule has 1 saturated heterocycles. The number of anilines is 1. The van der Waals surface area contributed by atoms with Crippen molar-refractivity contribution in [1.29, 1.82) is 0 Å². The normalized spacial score (nSPS) is 17.2. The molecule has 2 heterocycles. The summed E-state index contributed by atoms with van der Waals surface area (Å²) in [5.74, 6) is 0.995. The van der Waals surface area contributed by atoms with Gasteiger partial charge in [0.1, 0.15) is 12.1 Å². The predicted octanol–water partition coefficient (Wildman–Crippen LogP) is 2.90. The summed E-state index contributed by atoms with van der Waals surface area (Å²) >= 11 is 6.00. The molecule has 0 saturated carbocycles. The Hall–Kier alpha value is -1.44. The summed E-state index contributed by atoms with van der Waals surface area (Å²) in [6.45, 7) is 2.99. The summed E-state index contributed by atoms with van der Waals surface area (Å²) in [6.07, 6.45) is 3.70. The number of aromatic nitrogens is 2. The fourth-order valence-electron chi connectivity index (χ4n) is 3.00. The molecule has 0 amide bonds. The Morgan fingerprint density at radius 2 is 2.04 bits per heavy atom. The molecule has 8 heteroatoms.